The fourth-order valence-corrected chi connectivity index (χ4v) is 5.21. The molecule has 1 aliphatic rings. The SMILES string of the molecule is Cc1cn2c(=O)c(C(=O)N3CCN(c4nc5ccccc5s4)CC3)cnc2s1. The van der Waals surface area contributed by atoms with Crippen LogP contribution in [0.3, 0.4) is 0 Å². The quantitative estimate of drug-likeness (QED) is 0.507. The van der Waals surface area contributed by atoms with Crippen LogP contribution < -0.4 is 10.5 Å². The van der Waals surface area contributed by atoms with Gasteiger partial charge in [0.15, 0.2) is 10.1 Å². The number of nitrogens with zero attached hydrogens (tertiary/aromatic N) is 5. The molecular formula is C19H17N5O2S2. The largest absolute Gasteiger partial charge is 0.345 e. The highest BCUT2D eigenvalue weighted by Gasteiger charge is 2.26. The monoisotopic (exact) mass is 411 g/mol. The third-order valence-corrected chi connectivity index (χ3v) is 6.88. The van der Waals surface area contributed by atoms with E-state index in [4.69, 9.17) is 4.98 Å². The Hall–Kier alpha value is -2.78. The van der Waals surface area contributed by atoms with Gasteiger partial charge in [0.25, 0.3) is 11.5 Å². The van der Waals surface area contributed by atoms with E-state index in [0.29, 0.717) is 31.1 Å². The number of hydrogen-bond donors (Lipinski definition) is 0. The van der Waals surface area contributed by atoms with Crippen LogP contribution in [-0.2, 0) is 0 Å². The molecule has 4 aromatic rings. The highest BCUT2D eigenvalue weighted by Crippen LogP contribution is 2.29. The molecule has 1 amide bonds. The lowest BCUT2D eigenvalue weighted by molar-refractivity contribution is 0.0744. The number of carbonyl (C=O) groups is 1. The number of fused-ring (bicyclic) bond motifs is 2. The summed E-state index contributed by atoms with van der Waals surface area (Å²) >= 11 is 3.10. The third kappa shape index (κ3) is 2.87. The van der Waals surface area contributed by atoms with E-state index in [0.717, 1.165) is 20.2 Å². The molecule has 0 atom stereocenters. The molecule has 5 rings (SSSR count). The zero-order chi connectivity index (χ0) is 19.3. The zero-order valence-corrected chi connectivity index (χ0v) is 16.8. The Morgan fingerprint density at radius 2 is 1.89 bits per heavy atom. The summed E-state index contributed by atoms with van der Waals surface area (Å²) in [4.78, 5) is 40.1. The van der Waals surface area contributed by atoms with Gasteiger partial charge in [-0.25, -0.2) is 9.97 Å². The van der Waals surface area contributed by atoms with Crippen LogP contribution in [0.1, 0.15) is 15.2 Å². The van der Waals surface area contributed by atoms with Crippen molar-refractivity contribution >= 4 is 48.9 Å². The van der Waals surface area contributed by atoms with Crippen molar-refractivity contribution in [2.45, 2.75) is 6.92 Å². The molecule has 142 valence electrons. The zero-order valence-electron chi connectivity index (χ0n) is 15.2. The summed E-state index contributed by atoms with van der Waals surface area (Å²) in [6.45, 7) is 4.42. The summed E-state index contributed by atoms with van der Waals surface area (Å²) in [5.41, 5.74) is 0.830. The second-order valence-electron chi connectivity index (χ2n) is 6.71. The van der Waals surface area contributed by atoms with E-state index in [1.165, 1.54) is 21.9 Å². The minimum Gasteiger partial charge on any atom is -0.345 e. The summed E-state index contributed by atoms with van der Waals surface area (Å²) in [7, 11) is 0. The van der Waals surface area contributed by atoms with Gasteiger partial charge < -0.3 is 9.80 Å². The van der Waals surface area contributed by atoms with Gasteiger partial charge in [-0.15, -0.1) is 11.3 Å². The molecule has 9 heteroatoms. The van der Waals surface area contributed by atoms with Gasteiger partial charge in [-0.2, -0.15) is 0 Å². The molecule has 0 saturated carbocycles. The number of rotatable bonds is 2. The predicted octanol–water partition coefficient (Wildman–Crippen LogP) is 2.64. The number of anilines is 1. The van der Waals surface area contributed by atoms with Gasteiger partial charge >= 0.3 is 0 Å². The van der Waals surface area contributed by atoms with Crippen LogP contribution in [0.15, 0.2) is 41.5 Å². The number of aryl methyl sites for hydroxylation is 1. The maximum Gasteiger partial charge on any atom is 0.271 e. The molecule has 0 spiro atoms. The summed E-state index contributed by atoms with van der Waals surface area (Å²) in [6.07, 6.45) is 3.15. The van der Waals surface area contributed by atoms with Crippen LogP contribution in [-0.4, -0.2) is 51.4 Å². The summed E-state index contributed by atoms with van der Waals surface area (Å²) in [5.74, 6) is -0.250. The summed E-state index contributed by atoms with van der Waals surface area (Å²) in [6, 6.07) is 8.08. The minimum atomic E-state index is -0.298. The number of hydrogen-bond acceptors (Lipinski definition) is 7. The molecule has 0 radical (unpaired) electrons. The Labute approximate surface area is 168 Å². The molecule has 7 nitrogen and oxygen atoms in total. The Kier molecular flexibility index (Phi) is 4.13. The van der Waals surface area contributed by atoms with Crippen molar-refractivity contribution in [1.29, 1.82) is 0 Å². The van der Waals surface area contributed by atoms with Crippen molar-refractivity contribution in [2.75, 3.05) is 31.1 Å². The van der Waals surface area contributed by atoms with Crippen LogP contribution in [0.25, 0.3) is 15.2 Å². The first-order valence-electron chi connectivity index (χ1n) is 8.98. The first-order valence-corrected chi connectivity index (χ1v) is 10.6. The average Bonchev–Trinajstić information content (AvgIpc) is 3.31. The highest BCUT2D eigenvalue weighted by molar-refractivity contribution is 7.22. The predicted molar refractivity (Wildman–Crippen MR) is 112 cm³/mol. The van der Waals surface area contributed by atoms with Crippen molar-refractivity contribution in [1.82, 2.24) is 19.3 Å². The van der Waals surface area contributed by atoms with Crippen molar-refractivity contribution in [2.24, 2.45) is 0 Å². The van der Waals surface area contributed by atoms with E-state index in [1.807, 2.05) is 25.1 Å². The standard InChI is InChI=1S/C19H17N5O2S2/c1-12-11-24-17(26)13(10-20-18(24)27-12)16(25)22-6-8-23(9-7-22)19-21-14-4-2-3-5-15(14)28-19/h2-5,10-11H,6-9H2,1H3. The van der Waals surface area contributed by atoms with E-state index in [9.17, 15) is 9.59 Å². The summed E-state index contributed by atoms with van der Waals surface area (Å²) < 4.78 is 2.62. The number of thiazole rings is 2. The molecule has 1 saturated heterocycles. The van der Waals surface area contributed by atoms with Crippen LogP contribution in [0, 0.1) is 6.92 Å². The Bertz CT molecular complexity index is 1220. The fraction of sp³-hybridized carbons (Fsp3) is 0.263. The fourth-order valence-electron chi connectivity index (χ4n) is 3.41. The molecule has 1 aromatic carbocycles. The number of aromatic nitrogens is 3. The molecule has 0 bridgehead atoms. The van der Waals surface area contributed by atoms with Gasteiger partial charge in [0, 0.05) is 43.4 Å². The molecule has 1 fully saturated rings. The second kappa shape index (κ2) is 6.68. The number of para-hydroxylation sites is 1. The first-order chi connectivity index (χ1) is 13.6. The average molecular weight is 412 g/mol. The van der Waals surface area contributed by atoms with Crippen molar-refractivity contribution < 1.29 is 4.79 Å². The van der Waals surface area contributed by atoms with Gasteiger partial charge in [0.2, 0.25) is 0 Å². The molecular weight excluding hydrogens is 394 g/mol. The number of amides is 1. The Morgan fingerprint density at radius 1 is 1.11 bits per heavy atom. The molecule has 0 N–H and O–H groups in total. The van der Waals surface area contributed by atoms with Gasteiger partial charge in [-0.3, -0.25) is 14.0 Å². The van der Waals surface area contributed by atoms with E-state index >= 15 is 0 Å². The van der Waals surface area contributed by atoms with Crippen LogP contribution in [0.2, 0.25) is 0 Å². The van der Waals surface area contributed by atoms with E-state index in [2.05, 4.69) is 16.0 Å². The molecule has 3 aromatic heterocycles. The van der Waals surface area contributed by atoms with Gasteiger partial charge in [-0.1, -0.05) is 23.5 Å². The van der Waals surface area contributed by atoms with E-state index in [-0.39, 0.29) is 17.0 Å². The topological polar surface area (TPSA) is 70.8 Å². The lowest BCUT2D eigenvalue weighted by atomic mass is 10.2. The van der Waals surface area contributed by atoms with Gasteiger partial charge in [0.1, 0.15) is 5.56 Å². The molecule has 28 heavy (non-hydrogen) atoms. The van der Waals surface area contributed by atoms with Gasteiger partial charge in [-0.05, 0) is 19.1 Å². The van der Waals surface area contributed by atoms with E-state index in [1.54, 1.807) is 22.4 Å². The second-order valence-corrected chi connectivity index (χ2v) is 8.94. The Balaban J connectivity index is 1.34. The first kappa shape index (κ1) is 17.3. The van der Waals surface area contributed by atoms with Crippen molar-refractivity contribution in [3.8, 4) is 0 Å². The van der Waals surface area contributed by atoms with Crippen molar-refractivity contribution in [3.05, 3.63) is 57.5 Å². The minimum absolute atomic E-state index is 0.128. The Morgan fingerprint density at radius 3 is 2.68 bits per heavy atom. The molecule has 0 aliphatic carbocycles. The lowest BCUT2D eigenvalue weighted by Crippen LogP contribution is -2.49. The van der Waals surface area contributed by atoms with Crippen LogP contribution in [0.5, 0.6) is 0 Å². The molecule has 4 heterocycles. The number of piperazine rings is 1. The smallest absolute Gasteiger partial charge is 0.271 e. The van der Waals surface area contributed by atoms with Crippen LogP contribution >= 0.6 is 22.7 Å². The molecule has 1 aliphatic heterocycles. The van der Waals surface area contributed by atoms with E-state index < -0.39 is 0 Å². The number of carbonyl (C=O) groups excluding carboxylic acids is 1. The maximum atomic E-state index is 12.9. The lowest BCUT2D eigenvalue weighted by Gasteiger charge is -2.34. The van der Waals surface area contributed by atoms with Gasteiger partial charge in [0.05, 0.1) is 10.2 Å². The third-order valence-electron chi connectivity index (χ3n) is 4.87. The molecule has 0 unspecified atom stereocenters. The summed E-state index contributed by atoms with van der Waals surface area (Å²) in [5, 5.41) is 0.977. The normalized spacial score (nSPS) is 14.9. The number of benzene rings is 1. The maximum absolute atomic E-state index is 12.9. The van der Waals surface area contributed by atoms with Crippen molar-refractivity contribution in [3.63, 3.8) is 0 Å². The van der Waals surface area contributed by atoms with Crippen LogP contribution in [0.4, 0.5) is 5.13 Å². The highest BCUT2D eigenvalue weighted by atomic mass is 32.1.